The fourth-order valence-electron chi connectivity index (χ4n) is 2.68. The van der Waals surface area contributed by atoms with Crippen molar-refractivity contribution in [3.8, 4) is 0 Å². The molecule has 13 heteroatoms. The van der Waals surface area contributed by atoms with Crippen LogP contribution in [-0.2, 0) is 10.0 Å². The van der Waals surface area contributed by atoms with Crippen molar-refractivity contribution < 1.29 is 13.3 Å². The second-order valence-corrected chi connectivity index (χ2v) is 8.30. The molecule has 0 unspecified atom stereocenters. The lowest BCUT2D eigenvalue weighted by Gasteiger charge is -2.32. The molecule has 0 bridgehead atoms. The summed E-state index contributed by atoms with van der Waals surface area (Å²) in [6.45, 7) is 4.74. The first-order valence-corrected chi connectivity index (χ1v) is 10.3. The third-order valence-electron chi connectivity index (χ3n) is 4.41. The van der Waals surface area contributed by atoms with Crippen molar-refractivity contribution in [2.24, 2.45) is 0 Å². The number of nitro groups is 1. The first kappa shape index (κ1) is 20.9. The molecule has 0 spiro atoms. The zero-order chi connectivity index (χ0) is 21.0. The van der Waals surface area contributed by atoms with Crippen LogP contribution >= 0.6 is 0 Å². The standard InChI is InChI=1S/C16H22N8O4S/c1-12-3-5-13(6-4-12)29(27,28)21-19-15-14(24(25)26)16(18-11-17-15)20-23-9-7-22(2)8-10-23/h3-6,11,21H,7-10H2,1-2H3,(H2,17,18,19,20). The lowest BCUT2D eigenvalue weighted by atomic mass is 10.2. The zero-order valence-corrected chi connectivity index (χ0v) is 16.8. The number of sulfonamides is 1. The Morgan fingerprint density at radius 1 is 1.07 bits per heavy atom. The van der Waals surface area contributed by atoms with Crippen LogP contribution in [0.25, 0.3) is 0 Å². The average molecular weight is 422 g/mol. The van der Waals surface area contributed by atoms with Gasteiger partial charge in [0.1, 0.15) is 6.33 Å². The Balaban J connectivity index is 1.78. The summed E-state index contributed by atoms with van der Waals surface area (Å²) in [5, 5.41) is 13.4. The van der Waals surface area contributed by atoms with Crippen LogP contribution in [0.15, 0.2) is 35.5 Å². The number of anilines is 2. The number of hydrazine groups is 2. The second-order valence-electron chi connectivity index (χ2n) is 6.62. The number of nitrogens with one attached hydrogen (secondary N) is 3. The summed E-state index contributed by atoms with van der Waals surface area (Å²) in [7, 11) is -1.95. The van der Waals surface area contributed by atoms with E-state index in [1.807, 2.05) is 19.0 Å². The Morgan fingerprint density at radius 2 is 1.69 bits per heavy atom. The molecule has 0 atom stereocenters. The predicted molar refractivity (Wildman–Crippen MR) is 107 cm³/mol. The molecule has 29 heavy (non-hydrogen) atoms. The molecule has 3 N–H and O–H groups in total. The summed E-state index contributed by atoms with van der Waals surface area (Å²) in [5.74, 6) is -0.288. The molecule has 0 saturated carbocycles. The van der Waals surface area contributed by atoms with Gasteiger partial charge in [-0.25, -0.2) is 23.4 Å². The van der Waals surface area contributed by atoms with Gasteiger partial charge in [-0.3, -0.25) is 21.0 Å². The van der Waals surface area contributed by atoms with E-state index in [0.29, 0.717) is 13.1 Å². The van der Waals surface area contributed by atoms with Crippen LogP contribution in [0, 0.1) is 17.0 Å². The smallest absolute Gasteiger partial charge is 0.304 e. The highest BCUT2D eigenvalue weighted by atomic mass is 32.2. The predicted octanol–water partition coefficient (Wildman–Crippen LogP) is 0.573. The van der Waals surface area contributed by atoms with Gasteiger partial charge in [-0.2, -0.15) is 0 Å². The maximum atomic E-state index is 12.4. The molecule has 1 aliphatic heterocycles. The molecule has 0 radical (unpaired) electrons. The highest BCUT2D eigenvalue weighted by molar-refractivity contribution is 7.89. The van der Waals surface area contributed by atoms with Crippen molar-refractivity contribution in [3.05, 3.63) is 46.3 Å². The van der Waals surface area contributed by atoms with E-state index in [0.717, 1.165) is 25.0 Å². The summed E-state index contributed by atoms with van der Waals surface area (Å²) in [4.78, 5) is 23.0. The van der Waals surface area contributed by atoms with Gasteiger partial charge in [0.2, 0.25) is 11.6 Å². The second kappa shape index (κ2) is 8.65. The summed E-state index contributed by atoms with van der Waals surface area (Å²) in [6.07, 6.45) is 1.12. The Kier molecular flexibility index (Phi) is 6.22. The van der Waals surface area contributed by atoms with Gasteiger partial charge < -0.3 is 4.90 Å². The number of aryl methyl sites for hydroxylation is 1. The third kappa shape index (κ3) is 5.14. The molecule has 3 rings (SSSR count). The quantitative estimate of drug-likeness (QED) is 0.427. The Morgan fingerprint density at radius 3 is 2.31 bits per heavy atom. The normalized spacial score (nSPS) is 15.8. The van der Waals surface area contributed by atoms with E-state index >= 15 is 0 Å². The highest BCUT2D eigenvalue weighted by Gasteiger charge is 2.26. The molecular formula is C16H22N8O4S. The molecule has 2 heterocycles. The number of rotatable bonds is 7. The van der Waals surface area contributed by atoms with E-state index in [9.17, 15) is 18.5 Å². The van der Waals surface area contributed by atoms with Crippen molar-refractivity contribution in [1.82, 2.24) is 24.7 Å². The number of benzene rings is 1. The molecule has 12 nitrogen and oxygen atoms in total. The van der Waals surface area contributed by atoms with Crippen molar-refractivity contribution >= 4 is 27.3 Å². The number of piperazine rings is 1. The Hall–Kier alpha value is -2.87. The fourth-order valence-corrected chi connectivity index (χ4v) is 3.53. The summed E-state index contributed by atoms with van der Waals surface area (Å²) >= 11 is 0. The first-order chi connectivity index (χ1) is 13.8. The first-order valence-electron chi connectivity index (χ1n) is 8.80. The van der Waals surface area contributed by atoms with Crippen LogP contribution in [0.1, 0.15) is 5.56 Å². The van der Waals surface area contributed by atoms with E-state index in [4.69, 9.17) is 0 Å². The van der Waals surface area contributed by atoms with Crippen LogP contribution in [0.5, 0.6) is 0 Å². The minimum Gasteiger partial charge on any atom is -0.304 e. The van der Waals surface area contributed by atoms with Crippen molar-refractivity contribution in [2.45, 2.75) is 11.8 Å². The molecule has 1 aromatic heterocycles. The largest absolute Gasteiger partial charge is 0.355 e. The maximum absolute atomic E-state index is 12.4. The molecule has 2 aromatic rings. The fraction of sp³-hybridized carbons (Fsp3) is 0.375. The Labute approximate surface area is 168 Å². The monoisotopic (exact) mass is 422 g/mol. The van der Waals surface area contributed by atoms with Gasteiger partial charge in [0.15, 0.2) is 0 Å². The van der Waals surface area contributed by atoms with Gasteiger partial charge >= 0.3 is 5.69 Å². The zero-order valence-electron chi connectivity index (χ0n) is 16.0. The minimum atomic E-state index is -3.94. The molecule has 0 aliphatic carbocycles. The number of hydrogen-bond donors (Lipinski definition) is 3. The molecule has 0 amide bonds. The lowest BCUT2D eigenvalue weighted by molar-refractivity contribution is -0.383. The number of aromatic nitrogens is 2. The van der Waals surface area contributed by atoms with Crippen LogP contribution in [0.4, 0.5) is 17.3 Å². The lowest BCUT2D eigenvalue weighted by Crippen LogP contribution is -2.47. The Bertz CT molecular complexity index is 975. The van der Waals surface area contributed by atoms with Crippen LogP contribution in [0.3, 0.4) is 0 Å². The van der Waals surface area contributed by atoms with Crippen molar-refractivity contribution in [1.29, 1.82) is 0 Å². The van der Waals surface area contributed by atoms with Crippen molar-refractivity contribution in [2.75, 3.05) is 44.1 Å². The van der Waals surface area contributed by atoms with Crippen molar-refractivity contribution in [3.63, 3.8) is 0 Å². The molecule has 1 saturated heterocycles. The summed E-state index contributed by atoms with van der Waals surface area (Å²) in [5.41, 5.74) is 5.70. The van der Waals surface area contributed by atoms with E-state index in [1.54, 1.807) is 12.1 Å². The molecule has 1 aromatic carbocycles. The van der Waals surface area contributed by atoms with Gasteiger partial charge in [0.05, 0.1) is 9.82 Å². The van der Waals surface area contributed by atoms with Crippen LogP contribution < -0.4 is 15.7 Å². The average Bonchev–Trinajstić information content (AvgIpc) is 2.68. The number of likely N-dealkylation sites (N-methyl/N-ethyl adjacent to an activating group) is 1. The van der Waals surface area contributed by atoms with Gasteiger partial charge in [-0.05, 0) is 26.1 Å². The molecular weight excluding hydrogens is 400 g/mol. The van der Waals surface area contributed by atoms with Gasteiger partial charge in [-0.1, -0.05) is 17.7 Å². The number of nitrogens with zero attached hydrogens (tertiary/aromatic N) is 5. The minimum absolute atomic E-state index is 0.0168. The van der Waals surface area contributed by atoms with E-state index in [-0.39, 0.29) is 16.5 Å². The number of hydrogen-bond acceptors (Lipinski definition) is 10. The van der Waals surface area contributed by atoms with E-state index in [2.05, 4.69) is 30.6 Å². The third-order valence-corrected chi connectivity index (χ3v) is 5.67. The van der Waals surface area contributed by atoms with Gasteiger partial charge in [0, 0.05) is 26.2 Å². The SMILES string of the molecule is Cc1ccc(S(=O)(=O)NNc2ncnc(NN3CCN(C)CC3)c2[N+](=O)[O-])cc1. The van der Waals surface area contributed by atoms with E-state index < -0.39 is 20.6 Å². The maximum Gasteiger partial charge on any atom is 0.355 e. The summed E-state index contributed by atoms with van der Waals surface area (Å²) in [6, 6.07) is 6.18. The van der Waals surface area contributed by atoms with Crippen LogP contribution in [0.2, 0.25) is 0 Å². The van der Waals surface area contributed by atoms with Gasteiger partial charge in [0.25, 0.3) is 10.0 Å². The topological polar surface area (TPSA) is 146 Å². The molecule has 1 fully saturated rings. The van der Waals surface area contributed by atoms with E-state index in [1.165, 1.54) is 12.1 Å². The highest BCUT2D eigenvalue weighted by Crippen LogP contribution is 2.29. The van der Waals surface area contributed by atoms with Gasteiger partial charge in [-0.15, -0.1) is 4.83 Å². The van der Waals surface area contributed by atoms with Crippen LogP contribution in [-0.4, -0.2) is 66.4 Å². The summed E-state index contributed by atoms with van der Waals surface area (Å²) < 4.78 is 24.8. The molecule has 1 aliphatic rings. The molecule has 156 valence electrons.